The summed E-state index contributed by atoms with van der Waals surface area (Å²) in [5.41, 5.74) is 1.63. The first-order chi connectivity index (χ1) is 12.0. The summed E-state index contributed by atoms with van der Waals surface area (Å²) in [6.45, 7) is 2.38. The zero-order chi connectivity index (χ0) is 18.0. The van der Waals surface area contributed by atoms with Crippen molar-refractivity contribution in [3.05, 3.63) is 64.1 Å². The average Bonchev–Trinajstić information content (AvgIpc) is 3.00. The molecule has 1 fully saturated rings. The number of nitrogens with zero attached hydrogens (tertiary/aromatic N) is 1. The highest BCUT2D eigenvalue weighted by Gasteiger charge is 2.37. The van der Waals surface area contributed by atoms with Gasteiger partial charge in [-0.25, -0.2) is 0 Å². The Morgan fingerprint density at radius 1 is 1.16 bits per heavy atom. The highest BCUT2D eigenvalue weighted by Crippen LogP contribution is 2.30. The van der Waals surface area contributed by atoms with Crippen molar-refractivity contribution in [2.75, 3.05) is 11.9 Å². The van der Waals surface area contributed by atoms with E-state index in [0.717, 1.165) is 5.56 Å². The van der Waals surface area contributed by atoms with Crippen LogP contribution in [0.25, 0.3) is 0 Å². The number of likely N-dealkylation sites (tertiary alicyclic amines) is 1. The molecule has 0 bridgehead atoms. The molecule has 1 saturated heterocycles. The molecule has 1 heterocycles. The lowest BCUT2D eigenvalue weighted by molar-refractivity contribution is -0.129. The van der Waals surface area contributed by atoms with Gasteiger partial charge in [-0.3, -0.25) is 9.59 Å². The molecule has 0 aliphatic carbocycles. The molecule has 3 rings (SSSR count). The van der Waals surface area contributed by atoms with Gasteiger partial charge < -0.3 is 10.2 Å². The van der Waals surface area contributed by atoms with Crippen LogP contribution >= 0.6 is 23.2 Å². The number of amides is 2. The number of nitrogens with one attached hydrogen (secondary N) is 1. The zero-order valence-corrected chi connectivity index (χ0v) is 15.2. The number of benzene rings is 2. The largest absolute Gasteiger partial charge is 0.335 e. The lowest BCUT2D eigenvalue weighted by atomic mass is 10.1. The molecule has 25 heavy (non-hydrogen) atoms. The van der Waals surface area contributed by atoms with Crippen molar-refractivity contribution in [1.82, 2.24) is 4.90 Å². The van der Waals surface area contributed by atoms with Crippen LogP contribution in [0.5, 0.6) is 0 Å². The molecule has 0 saturated carbocycles. The van der Waals surface area contributed by atoms with E-state index in [-0.39, 0.29) is 30.2 Å². The third-order valence-electron chi connectivity index (χ3n) is 4.47. The number of anilines is 1. The minimum atomic E-state index is -0.381. The Morgan fingerprint density at radius 3 is 2.56 bits per heavy atom. The second kappa shape index (κ2) is 7.46. The normalized spacial score (nSPS) is 18.3. The van der Waals surface area contributed by atoms with Gasteiger partial charge in [-0.1, -0.05) is 53.5 Å². The second-order valence-electron chi connectivity index (χ2n) is 6.15. The lowest BCUT2D eigenvalue weighted by Crippen LogP contribution is -2.30. The molecule has 1 aliphatic rings. The van der Waals surface area contributed by atoms with E-state index in [2.05, 4.69) is 5.32 Å². The fourth-order valence-corrected chi connectivity index (χ4v) is 3.31. The molecule has 2 atom stereocenters. The predicted octanol–water partition coefficient (Wildman–Crippen LogP) is 4.54. The van der Waals surface area contributed by atoms with Crippen LogP contribution in [0.2, 0.25) is 10.0 Å². The summed E-state index contributed by atoms with van der Waals surface area (Å²) in [4.78, 5) is 26.6. The van der Waals surface area contributed by atoms with Crippen LogP contribution in [0.4, 0.5) is 5.69 Å². The molecule has 0 aromatic heterocycles. The molecule has 0 unspecified atom stereocenters. The molecule has 1 aliphatic heterocycles. The Hall–Kier alpha value is -2.04. The number of carbonyl (C=O) groups is 2. The lowest BCUT2D eigenvalue weighted by Gasteiger charge is -2.25. The van der Waals surface area contributed by atoms with Gasteiger partial charge in [-0.2, -0.15) is 0 Å². The second-order valence-corrected chi connectivity index (χ2v) is 6.97. The van der Waals surface area contributed by atoms with Gasteiger partial charge in [0.1, 0.15) is 0 Å². The van der Waals surface area contributed by atoms with Crippen LogP contribution in [-0.2, 0) is 9.59 Å². The minimum Gasteiger partial charge on any atom is -0.335 e. The number of halogens is 2. The first kappa shape index (κ1) is 17.8. The van der Waals surface area contributed by atoms with Gasteiger partial charge >= 0.3 is 0 Å². The molecular formula is C19H18Cl2N2O2. The van der Waals surface area contributed by atoms with Crippen LogP contribution in [-0.4, -0.2) is 23.3 Å². The fourth-order valence-electron chi connectivity index (χ4n) is 3.01. The summed E-state index contributed by atoms with van der Waals surface area (Å²) in [5, 5.41) is 3.62. The van der Waals surface area contributed by atoms with Crippen molar-refractivity contribution < 1.29 is 9.59 Å². The Morgan fingerprint density at radius 2 is 1.88 bits per heavy atom. The van der Waals surface area contributed by atoms with Crippen molar-refractivity contribution in [1.29, 1.82) is 0 Å². The molecule has 0 spiro atoms. The third kappa shape index (κ3) is 3.97. The summed E-state index contributed by atoms with van der Waals surface area (Å²) in [7, 11) is 0. The molecule has 130 valence electrons. The SMILES string of the molecule is C[C@@H](c1ccccc1)N1C[C@H](C(=O)Nc2ccc(Cl)c(Cl)c2)CC1=O. The molecule has 2 aromatic rings. The van der Waals surface area contributed by atoms with Gasteiger partial charge in [0.05, 0.1) is 22.0 Å². The number of carbonyl (C=O) groups excluding carboxylic acids is 2. The average molecular weight is 377 g/mol. The van der Waals surface area contributed by atoms with E-state index in [1.54, 1.807) is 23.1 Å². The van der Waals surface area contributed by atoms with Gasteiger partial charge in [0.2, 0.25) is 11.8 Å². The molecule has 2 aromatic carbocycles. The molecular weight excluding hydrogens is 359 g/mol. The van der Waals surface area contributed by atoms with Crippen molar-refractivity contribution in [2.24, 2.45) is 5.92 Å². The molecule has 1 N–H and O–H groups in total. The van der Waals surface area contributed by atoms with Crippen LogP contribution in [0.3, 0.4) is 0 Å². The smallest absolute Gasteiger partial charge is 0.229 e. The van der Waals surface area contributed by atoms with E-state index < -0.39 is 0 Å². The van der Waals surface area contributed by atoms with Gasteiger partial charge in [0, 0.05) is 18.7 Å². The summed E-state index contributed by atoms with van der Waals surface area (Å²) < 4.78 is 0. The van der Waals surface area contributed by atoms with Gasteiger partial charge in [-0.15, -0.1) is 0 Å². The minimum absolute atomic E-state index is 0.00867. The summed E-state index contributed by atoms with van der Waals surface area (Å²) in [5.74, 6) is -0.576. The van der Waals surface area contributed by atoms with Gasteiger partial charge in [0.15, 0.2) is 0 Å². The summed E-state index contributed by atoms with van der Waals surface area (Å²) in [6.07, 6.45) is 0.213. The van der Waals surface area contributed by atoms with Crippen LogP contribution < -0.4 is 5.32 Å². The number of rotatable bonds is 4. The number of hydrogen-bond acceptors (Lipinski definition) is 2. The fraction of sp³-hybridized carbons (Fsp3) is 0.263. The highest BCUT2D eigenvalue weighted by molar-refractivity contribution is 6.42. The maximum absolute atomic E-state index is 12.5. The Bertz CT molecular complexity index is 795. The molecule has 0 radical (unpaired) electrons. The topological polar surface area (TPSA) is 49.4 Å². The van der Waals surface area contributed by atoms with E-state index >= 15 is 0 Å². The van der Waals surface area contributed by atoms with Crippen molar-refractivity contribution in [2.45, 2.75) is 19.4 Å². The number of hydrogen-bond donors (Lipinski definition) is 1. The van der Waals surface area contributed by atoms with E-state index in [0.29, 0.717) is 22.3 Å². The molecule has 4 nitrogen and oxygen atoms in total. The Kier molecular flexibility index (Phi) is 5.30. The maximum Gasteiger partial charge on any atom is 0.229 e. The maximum atomic E-state index is 12.5. The van der Waals surface area contributed by atoms with Crippen molar-refractivity contribution in [3.63, 3.8) is 0 Å². The summed E-state index contributed by atoms with van der Waals surface area (Å²) in [6, 6.07) is 14.7. The first-order valence-corrected chi connectivity index (χ1v) is 8.81. The van der Waals surface area contributed by atoms with Crippen molar-refractivity contribution >= 4 is 40.7 Å². The van der Waals surface area contributed by atoms with Crippen molar-refractivity contribution in [3.8, 4) is 0 Å². The van der Waals surface area contributed by atoms with Gasteiger partial charge in [0.25, 0.3) is 0 Å². The zero-order valence-electron chi connectivity index (χ0n) is 13.7. The first-order valence-electron chi connectivity index (χ1n) is 8.06. The predicted molar refractivity (Wildman–Crippen MR) is 99.8 cm³/mol. The van der Waals surface area contributed by atoms with E-state index in [9.17, 15) is 9.59 Å². The molecule has 6 heteroatoms. The van der Waals surface area contributed by atoms with Gasteiger partial charge in [-0.05, 0) is 30.7 Å². The summed E-state index contributed by atoms with van der Waals surface area (Å²) >= 11 is 11.8. The van der Waals surface area contributed by atoms with Crippen LogP contribution in [0.1, 0.15) is 24.9 Å². The quantitative estimate of drug-likeness (QED) is 0.851. The van der Waals surface area contributed by atoms with E-state index in [1.807, 2.05) is 37.3 Å². The Balaban J connectivity index is 1.67. The van der Waals surface area contributed by atoms with Crippen LogP contribution in [0, 0.1) is 5.92 Å². The van der Waals surface area contributed by atoms with E-state index in [1.165, 1.54) is 0 Å². The standard InChI is InChI=1S/C19H18Cl2N2O2/c1-12(13-5-3-2-4-6-13)23-11-14(9-18(23)24)19(25)22-15-7-8-16(20)17(21)10-15/h2-8,10,12,14H,9,11H2,1H3,(H,22,25)/t12-,14+/m0/s1. The molecule has 2 amide bonds. The Labute approximate surface area is 156 Å². The monoisotopic (exact) mass is 376 g/mol. The van der Waals surface area contributed by atoms with E-state index in [4.69, 9.17) is 23.2 Å². The third-order valence-corrected chi connectivity index (χ3v) is 5.20. The highest BCUT2D eigenvalue weighted by atomic mass is 35.5. The van der Waals surface area contributed by atoms with Crippen LogP contribution in [0.15, 0.2) is 48.5 Å².